The lowest BCUT2D eigenvalue weighted by atomic mass is 9.46. The molecule has 4 aliphatic carbocycles. The lowest BCUT2D eigenvalue weighted by molar-refractivity contribution is -0.133. The van der Waals surface area contributed by atoms with E-state index in [1.807, 2.05) is 6.08 Å². The minimum atomic E-state index is -0.298. The lowest BCUT2D eigenvalue weighted by Crippen LogP contribution is -2.51. The number of allylic oxidation sites excluding steroid dienone is 1. The normalized spacial score (nSPS) is 47.5. The van der Waals surface area contributed by atoms with Crippen molar-refractivity contribution in [3.05, 3.63) is 11.6 Å². The Bertz CT molecular complexity index is 606. The zero-order valence-corrected chi connectivity index (χ0v) is 15.0. The van der Waals surface area contributed by atoms with E-state index in [-0.39, 0.29) is 29.1 Å². The van der Waals surface area contributed by atoms with Crippen LogP contribution in [0.1, 0.15) is 65.2 Å². The third-order valence-corrected chi connectivity index (χ3v) is 8.51. The summed E-state index contributed by atoms with van der Waals surface area (Å²) >= 11 is 0. The van der Waals surface area contributed by atoms with E-state index in [1.54, 1.807) is 0 Å². The summed E-state index contributed by atoms with van der Waals surface area (Å²) in [6, 6.07) is 0. The molecule has 24 heavy (non-hydrogen) atoms. The summed E-state index contributed by atoms with van der Waals surface area (Å²) in [5.41, 5.74) is 1.70. The fraction of sp³-hybridized carbons (Fsp3) is 0.810. The highest BCUT2D eigenvalue weighted by Crippen LogP contribution is 2.66. The molecule has 3 nitrogen and oxygen atoms in total. The Morgan fingerprint density at radius 2 is 1.92 bits per heavy atom. The molecule has 1 N–H and O–H groups in total. The molecule has 0 saturated heterocycles. The van der Waals surface area contributed by atoms with Gasteiger partial charge in [-0.1, -0.05) is 19.4 Å². The molecular formula is C21H30O3. The zero-order chi connectivity index (χ0) is 17.1. The Balaban J connectivity index is 1.65. The van der Waals surface area contributed by atoms with E-state index in [0.717, 1.165) is 32.1 Å². The average Bonchev–Trinajstić information content (AvgIpc) is 2.92. The van der Waals surface area contributed by atoms with Crippen molar-refractivity contribution in [2.24, 2.45) is 34.5 Å². The van der Waals surface area contributed by atoms with Crippen LogP contribution in [0, 0.1) is 34.5 Å². The maximum Gasteiger partial charge on any atom is 0.161 e. The molecule has 4 rings (SSSR count). The first-order valence-electron chi connectivity index (χ1n) is 9.77. The fourth-order valence-electron chi connectivity index (χ4n) is 7.20. The van der Waals surface area contributed by atoms with Gasteiger partial charge < -0.3 is 5.11 Å². The van der Waals surface area contributed by atoms with Gasteiger partial charge in [0.15, 0.2) is 11.6 Å². The predicted octanol–water partition coefficient (Wildman–Crippen LogP) is 3.70. The molecule has 0 aromatic carbocycles. The molecule has 3 fully saturated rings. The van der Waals surface area contributed by atoms with Crippen molar-refractivity contribution in [2.45, 2.75) is 65.2 Å². The van der Waals surface area contributed by atoms with Crippen molar-refractivity contribution in [3.63, 3.8) is 0 Å². The van der Waals surface area contributed by atoms with Crippen LogP contribution >= 0.6 is 0 Å². The molecule has 3 heteroatoms. The smallest absolute Gasteiger partial charge is 0.161 e. The average molecular weight is 330 g/mol. The van der Waals surface area contributed by atoms with Crippen LogP contribution in [0.2, 0.25) is 0 Å². The number of hydrogen-bond donors (Lipinski definition) is 1. The van der Waals surface area contributed by atoms with Crippen LogP contribution in [0.5, 0.6) is 0 Å². The standard InChI is InChI=1S/C21H30O3/c1-20-9-7-14(23)11-13(20)3-4-15-16-5-6-18(19(24)12-22)21(16,2)10-8-17(15)20/h11,15-18,22H,3-10,12H2,1-2H3/t15-,16-,17-,18+,20-,21+/m0/s1. The van der Waals surface area contributed by atoms with E-state index in [2.05, 4.69) is 13.8 Å². The van der Waals surface area contributed by atoms with Crippen LogP contribution in [0.3, 0.4) is 0 Å². The number of aliphatic hydroxyl groups is 1. The first-order chi connectivity index (χ1) is 11.4. The molecule has 0 heterocycles. The highest BCUT2D eigenvalue weighted by atomic mass is 16.3. The first-order valence-corrected chi connectivity index (χ1v) is 9.77. The summed E-state index contributed by atoms with van der Waals surface area (Å²) < 4.78 is 0. The lowest BCUT2D eigenvalue weighted by Gasteiger charge is -2.58. The second kappa shape index (κ2) is 5.52. The summed E-state index contributed by atoms with van der Waals surface area (Å²) in [5, 5.41) is 9.36. The Labute approximate surface area is 144 Å². The van der Waals surface area contributed by atoms with Gasteiger partial charge in [-0.25, -0.2) is 0 Å². The Kier molecular flexibility index (Phi) is 3.80. The molecule has 0 aromatic heterocycles. The highest BCUT2D eigenvalue weighted by Gasteiger charge is 2.59. The molecule has 3 saturated carbocycles. The van der Waals surface area contributed by atoms with Crippen molar-refractivity contribution in [2.75, 3.05) is 6.61 Å². The van der Waals surface area contributed by atoms with Gasteiger partial charge in [0, 0.05) is 12.3 Å². The quantitative estimate of drug-likeness (QED) is 0.840. The van der Waals surface area contributed by atoms with Crippen molar-refractivity contribution in [1.29, 1.82) is 0 Å². The molecule has 4 aliphatic rings. The number of carbonyl (C=O) groups excluding carboxylic acids is 2. The molecular weight excluding hydrogens is 300 g/mol. The van der Waals surface area contributed by atoms with Gasteiger partial charge in [0.25, 0.3) is 0 Å². The topological polar surface area (TPSA) is 54.4 Å². The van der Waals surface area contributed by atoms with Crippen molar-refractivity contribution >= 4 is 11.6 Å². The molecule has 0 bridgehead atoms. The predicted molar refractivity (Wildman–Crippen MR) is 92.3 cm³/mol. The summed E-state index contributed by atoms with van der Waals surface area (Å²) in [4.78, 5) is 24.1. The van der Waals surface area contributed by atoms with Gasteiger partial charge in [-0.2, -0.15) is 0 Å². The van der Waals surface area contributed by atoms with E-state index < -0.39 is 0 Å². The number of rotatable bonds is 2. The summed E-state index contributed by atoms with van der Waals surface area (Å²) in [6.45, 7) is 4.42. The van der Waals surface area contributed by atoms with Gasteiger partial charge in [-0.15, -0.1) is 0 Å². The fourth-order valence-corrected chi connectivity index (χ4v) is 7.20. The van der Waals surface area contributed by atoms with Crippen LogP contribution in [0.15, 0.2) is 11.6 Å². The van der Waals surface area contributed by atoms with E-state index in [9.17, 15) is 14.7 Å². The minimum absolute atomic E-state index is 0.0596. The van der Waals surface area contributed by atoms with E-state index in [0.29, 0.717) is 30.0 Å². The number of aliphatic hydroxyl groups excluding tert-OH is 1. The summed E-state index contributed by atoms with van der Waals surface area (Å²) in [6.07, 6.45) is 10.3. The Morgan fingerprint density at radius 3 is 2.67 bits per heavy atom. The SMILES string of the molecule is C[C@@]12CC[C@H]3[C@@H](CCC4=CC(=O)CC[C@@]43C)[C@@H]1CC[C@@H]2C(=O)CO. The minimum Gasteiger partial charge on any atom is -0.389 e. The van der Waals surface area contributed by atoms with Crippen molar-refractivity contribution in [1.82, 2.24) is 0 Å². The molecule has 0 unspecified atom stereocenters. The summed E-state index contributed by atoms with van der Waals surface area (Å²) in [5.74, 6) is 2.42. The van der Waals surface area contributed by atoms with E-state index in [1.165, 1.54) is 18.4 Å². The zero-order valence-electron chi connectivity index (χ0n) is 15.0. The second-order valence-electron chi connectivity index (χ2n) is 9.27. The van der Waals surface area contributed by atoms with E-state index >= 15 is 0 Å². The van der Waals surface area contributed by atoms with E-state index in [4.69, 9.17) is 0 Å². The molecule has 132 valence electrons. The summed E-state index contributed by atoms with van der Waals surface area (Å²) in [7, 11) is 0. The first kappa shape index (κ1) is 16.5. The van der Waals surface area contributed by atoms with Gasteiger partial charge in [-0.05, 0) is 79.6 Å². The molecule has 0 aliphatic heterocycles. The maximum absolute atomic E-state index is 12.3. The Morgan fingerprint density at radius 1 is 1.12 bits per heavy atom. The van der Waals surface area contributed by atoms with Gasteiger partial charge in [0.1, 0.15) is 6.61 Å². The second-order valence-corrected chi connectivity index (χ2v) is 9.27. The molecule has 0 amide bonds. The number of fused-ring (bicyclic) bond motifs is 5. The van der Waals surface area contributed by atoms with Crippen LogP contribution in [-0.4, -0.2) is 23.3 Å². The number of hydrogen-bond acceptors (Lipinski definition) is 3. The van der Waals surface area contributed by atoms with Gasteiger partial charge in [0.2, 0.25) is 0 Å². The van der Waals surface area contributed by atoms with Crippen LogP contribution < -0.4 is 0 Å². The third-order valence-electron chi connectivity index (χ3n) is 8.51. The largest absolute Gasteiger partial charge is 0.389 e. The monoisotopic (exact) mass is 330 g/mol. The molecule has 0 spiro atoms. The number of carbonyl (C=O) groups is 2. The van der Waals surface area contributed by atoms with Gasteiger partial charge in [-0.3, -0.25) is 9.59 Å². The molecule has 0 radical (unpaired) electrons. The van der Waals surface area contributed by atoms with Crippen molar-refractivity contribution < 1.29 is 14.7 Å². The van der Waals surface area contributed by atoms with Crippen LogP contribution in [-0.2, 0) is 9.59 Å². The Hall–Kier alpha value is -0.960. The third kappa shape index (κ3) is 2.13. The maximum atomic E-state index is 12.3. The molecule has 6 atom stereocenters. The van der Waals surface area contributed by atoms with Gasteiger partial charge >= 0.3 is 0 Å². The number of ketones is 2. The van der Waals surface area contributed by atoms with Crippen molar-refractivity contribution in [3.8, 4) is 0 Å². The van der Waals surface area contributed by atoms with Crippen LogP contribution in [0.25, 0.3) is 0 Å². The van der Waals surface area contributed by atoms with Gasteiger partial charge in [0.05, 0.1) is 0 Å². The number of Topliss-reactive ketones (excluding diaryl/α,β-unsaturated/α-hetero) is 1. The highest BCUT2D eigenvalue weighted by molar-refractivity contribution is 5.91. The van der Waals surface area contributed by atoms with Crippen LogP contribution in [0.4, 0.5) is 0 Å². The molecule has 0 aromatic rings.